The number of fused-ring (bicyclic) bond motifs is 1. The highest BCUT2D eigenvalue weighted by Crippen LogP contribution is 2.26. The molecule has 1 aliphatic heterocycles. The van der Waals surface area contributed by atoms with Crippen LogP contribution in [0.15, 0.2) is 77.4 Å². The lowest BCUT2D eigenvalue weighted by Crippen LogP contribution is -2.05. The van der Waals surface area contributed by atoms with Gasteiger partial charge in [0.15, 0.2) is 5.70 Å². The molecule has 0 fully saturated rings. The molecule has 1 aliphatic rings. The van der Waals surface area contributed by atoms with Crippen molar-refractivity contribution in [3.8, 4) is 0 Å². The molecule has 3 aromatic carbocycles. The molecule has 0 unspecified atom stereocenters. The van der Waals surface area contributed by atoms with E-state index in [0.29, 0.717) is 10.6 Å². The third kappa shape index (κ3) is 2.59. The van der Waals surface area contributed by atoms with Crippen LogP contribution >= 0.6 is 11.6 Å². The van der Waals surface area contributed by atoms with E-state index in [-0.39, 0.29) is 11.6 Å². The SMILES string of the molecule is O=C1OC(c2ccccc2Cl)=N/C1=C/c1cccc2ccccc12. The molecule has 0 aliphatic carbocycles. The summed E-state index contributed by atoms with van der Waals surface area (Å²) in [5, 5.41) is 2.66. The van der Waals surface area contributed by atoms with Crippen molar-refractivity contribution in [3.63, 3.8) is 0 Å². The summed E-state index contributed by atoms with van der Waals surface area (Å²) in [5.41, 5.74) is 1.79. The number of halogens is 1. The van der Waals surface area contributed by atoms with E-state index in [0.717, 1.165) is 16.3 Å². The van der Waals surface area contributed by atoms with Crippen molar-refractivity contribution >= 4 is 40.3 Å². The minimum absolute atomic E-state index is 0.233. The van der Waals surface area contributed by atoms with Crippen LogP contribution in [0.1, 0.15) is 11.1 Å². The zero-order valence-electron chi connectivity index (χ0n) is 12.6. The fraction of sp³-hybridized carbons (Fsp3) is 0. The Morgan fingerprint density at radius 1 is 0.917 bits per heavy atom. The van der Waals surface area contributed by atoms with Crippen molar-refractivity contribution in [1.82, 2.24) is 0 Å². The van der Waals surface area contributed by atoms with Crippen LogP contribution in [0.4, 0.5) is 0 Å². The quantitative estimate of drug-likeness (QED) is 0.497. The number of rotatable bonds is 2. The second kappa shape index (κ2) is 5.95. The van der Waals surface area contributed by atoms with Crippen molar-refractivity contribution in [2.45, 2.75) is 0 Å². The molecule has 0 saturated carbocycles. The lowest BCUT2D eigenvalue weighted by atomic mass is 10.0. The summed E-state index contributed by atoms with van der Waals surface area (Å²) in [4.78, 5) is 16.5. The highest BCUT2D eigenvalue weighted by molar-refractivity contribution is 6.34. The van der Waals surface area contributed by atoms with E-state index in [1.807, 2.05) is 54.6 Å². The molecule has 0 atom stereocenters. The van der Waals surface area contributed by atoms with Gasteiger partial charge in [-0.05, 0) is 34.5 Å². The third-order valence-electron chi connectivity index (χ3n) is 3.84. The maximum absolute atomic E-state index is 12.2. The standard InChI is InChI=1S/C20H12ClNO2/c21-17-11-4-3-10-16(17)19-22-18(20(23)24-19)12-14-8-5-7-13-6-1-2-9-15(13)14/h1-12H/b18-12+. The highest BCUT2D eigenvalue weighted by atomic mass is 35.5. The number of esters is 1. The molecule has 4 rings (SSSR count). The van der Waals surface area contributed by atoms with E-state index in [1.165, 1.54) is 0 Å². The predicted molar refractivity (Wildman–Crippen MR) is 96.0 cm³/mol. The van der Waals surface area contributed by atoms with E-state index >= 15 is 0 Å². The molecule has 4 heteroatoms. The average molecular weight is 334 g/mol. The van der Waals surface area contributed by atoms with Crippen molar-refractivity contribution in [2.24, 2.45) is 4.99 Å². The average Bonchev–Trinajstić information content (AvgIpc) is 2.96. The van der Waals surface area contributed by atoms with Crippen LogP contribution in [0, 0.1) is 0 Å². The Bertz CT molecular complexity index is 1020. The van der Waals surface area contributed by atoms with Gasteiger partial charge in [-0.1, -0.05) is 66.2 Å². The van der Waals surface area contributed by atoms with Gasteiger partial charge in [0, 0.05) is 0 Å². The fourth-order valence-corrected chi connectivity index (χ4v) is 2.90. The van der Waals surface area contributed by atoms with Crippen molar-refractivity contribution in [3.05, 3.63) is 88.6 Å². The Morgan fingerprint density at radius 2 is 1.67 bits per heavy atom. The molecular weight excluding hydrogens is 322 g/mol. The normalized spacial score (nSPS) is 15.6. The smallest absolute Gasteiger partial charge is 0.363 e. The minimum Gasteiger partial charge on any atom is -0.402 e. The molecule has 0 aromatic heterocycles. The van der Waals surface area contributed by atoms with Gasteiger partial charge in [0.05, 0.1) is 10.6 Å². The largest absolute Gasteiger partial charge is 0.402 e. The summed E-state index contributed by atoms with van der Waals surface area (Å²) < 4.78 is 5.28. The van der Waals surface area contributed by atoms with E-state index in [9.17, 15) is 4.79 Å². The Labute approximate surface area is 143 Å². The number of aliphatic imine (C=N–C) groups is 1. The van der Waals surface area contributed by atoms with Gasteiger partial charge >= 0.3 is 5.97 Å². The van der Waals surface area contributed by atoms with Crippen molar-refractivity contribution < 1.29 is 9.53 Å². The second-order valence-corrected chi connectivity index (χ2v) is 5.79. The fourth-order valence-electron chi connectivity index (χ4n) is 2.68. The minimum atomic E-state index is -0.474. The molecule has 0 N–H and O–H groups in total. The molecule has 0 saturated heterocycles. The van der Waals surface area contributed by atoms with Crippen LogP contribution in [0.5, 0.6) is 0 Å². The first-order chi connectivity index (χ1) is 11.7. The van der Waals surface area contributed by atoms with Crippen LogP contribution < -0.4 is 0 Å². The number of carbonyl (C=O) groups is 1. The van der Waals surface area contributed by atoms with Gasteiger partial charge < -0.3 is 4.74 Å². The number of ether oxygens (including phenoxy) is 1. The van der Waals surface area contributed by atoms with Crippen LogP contribution in [-0.2, 0) is 9.53 Å². The topological polar surface area (TPSA) is 38.7 Å². The number of carbonyl (C=O) groups excluding carboxylic acids is 1. The summed E-state index contributed by atoms with van der Waals surface area (Å²) in [7, 11) is 0. The zero-order chi connectivity index (χ0) is 16.5. The van der Waals surface area contributed by atoms with Gasteiger partial charge in [0.1, 0.15) is 0 Å². The van der Waals surface area contributed by atoms with Gasteiger partial charge in [-0.15, -0.1) is 0 Å². The number of hydrogen-bond acceptors (Lipinski definition) is 3. The van der Waals surface area contributed by atoms with Crippen LogP contribution in [0.3, 0.4) is 0 Å². The van der Waals surface area contributed by atoms with E-state index in [4.69, 9.17) is 16.3 Å². The third-order valence-corrected chi connectivity index (χ3v) is 4.17. The summed E-state index contributed by atoms with van der Waals surface area (Å²) in [5.74, 6) is -0.241. The molecule has 0 bridgehead atoms. The van der Waals surface area contributed by atoms with Gasteiger partial charge in [-0.2, -0.15) is 0 Å². The Hall–Kier alpha value is -2.91. The van der Waals surface area contributed by atoms with Crippen LogP contribution in [-0.4, -0.2) is 11.9 Å². The number of cyclic esters (lactones) is 1. The number of hydrogen-bond donors (Lipinski definition) is 0. The molecular formula is C20H12ClNO2. The highest BCUT2D eigenvalue weighted by Gasteiger charge is 2.25. The first-order valence-corrected chi connectivity index (χ1v) is 7.85. The molecule has 3 nitrogen and oxygen atoms in total. The van der Waals surface area contributed by atoms with Crippen molar-refractivity contribution in [2.75, 3.05) is 0 Å². The summed E-state index contributed by atoms with van der Waals surface area (Å²) in [6.45, 7) is 0. The Kier molecular flexibility index (Phi) is 3.63. The molecule has 0 amide bonds. The summed E-state index contributed by atoms with van der Waals surface area (Å²) in [6.07, 6.45) is 1.74. The monoisotopic (exact) mass is 333 g/mol. The molecule has 0 spiro atoms. The Morgan fingerprint density at radius 3 is 2.54 bits per heavy atom. The molecule has 0 radical (unpaired) electrons. The predicted octanol–water partition coefficient (Wildman–Crippen LogP) is 4.84. The molecule has 24 heavy (non-hydrogen) atoms. The van der Waals surface area contributed by atoms with Gasteiger partial charge in [-0.25, -0.2) is 9.79 Å². The van der Waals surface area contributed by atoms with Crippen LogP contribution in [0.2, 0.25) is 5.02 Å². The van der Waals surface area contributed by atoms with Crippen molar-refractivity contribution in [1.29, 1.82) is 0 Å². The number of nitrogens with zero attached hydrogens (tertiary/aromatic N) is 1. The first-order valence-electron chi connectivity index (χ1n) is 7.47. The maximum atomic E-state index is 12.2. The van der Waals surface area contributed by atoms with E-state index in [1.54, 1.807) is 18.2 Å². The lowest BCUT2D eigenvalue weighted by molar-refractivity contribution is -0.129. The van der Waals surface area contributed by atoms with Gasteiger partial charge in [-0.3, -0.25) is 0 Å². The first kappa shape index (κ1) is 14.7. The molecule has 1 heterocycles. The Balaban J connectivity index is 1.80. The maximum Gasteiger partial charge on any atom is 0.363 e. The second-order valence-electron chi connectivity index (χ2n) is 5.38. The summed E-state index contributed by atoms with van der Waals surface area (Å²) in [6, 6.07) is 21.1. The molecule has 116 valence electrons. The van der Waals surface area contributed by atoms with Crippen LogP contribution in [0.25, 0.3) is 16.8 Å². The van der Waals surface area contributed by atoms with Gasteiger partial charge in [0.2, 0.25) is 5.90 Å². The summed E-state index contributed by atoms with van der Waals surface area (Å²) >= 11 is 6.15. The van der Waals surface area contributed by atoms with E-state index in [2.05, 4.69) is 4.99 Å². The van der Waals surface area contributed by atoms with E-state index < -0.39 is 5.97 Å². The lowest BCUT2D eigenvalue weighted by Gasteiger charge is -2.01. The zero-order valence-corrected chi connectivity index (χ0v) is 13.3. The number of benzene rings is 3. The van der Waals surface area contributed by atoms with Gasteiger partial charge in [0.25, 0.3) is 0 Å². The molecule has 3 aromatic rings.